The van der Waals surface area contributed by atoms with Crippen molar-refractivity contribution < 1.29 is 24.2 Å². The maximum atomic E-state index is 11.6. The predicted molar refractivity (Wildman–Crippen MR) is 65.6 cm³/mol. The van der Waals surface area contributed by atoms with Gasteiger partial charge in [-0.25, -0.2) is 4.79 Å². The van der Waals surface area contributed by atoms with Crippen molar-refractivity contribution in [1.29, 1.82) is 0 Å². The molecule has 0 aromatic heterocycles. The van der Waals surface area contributed by atoms with E-state index in [1.54, 1.807) is 11.8 Å². The highest BCUT2D eigenvalue weighted by Gasteiger charge is 2.27. The van der Waals surface area contributed by atoms with Crippen LogP contribution in [0.4, 0.5) is 4.79 Å². The van der Waals surface area contributed by atoms with Crippen molar-refractivity contribution in [1.82, 2.24) is 15.5 Å². The van der Waals surface area contributed by atoms with E-state index in [2.05, 4.69) is 10.6 Å². The van der Waals surface area contributed by atoms with Gasteiger partial charge in [0.1, 0.15) is 0 Å². The molecule has 0 bridgehead atoms. The highest BCUT2D eigenvalue weighted by Crippen LogP contribution is 2.10. The van der Waals surface area contributed by atoms with Crippen molar-refractivity contribution in [3.63, 3.8) is 0 Å². The molecule has 0 aliphatic carbocycles. The van der Waals surface area contributed by atoms with Gasteiger partial charge in [0, 0.05) is 19.1 Å². The van der Waals surface area contributed by atoms with Crippen LogP contribution >= 0.6 is 0 Å². The molecule has 1 unspecified atom stereocenters. The molecule has 0 radical (unpaired) electrons. The zero-order chi connectivity index (χ0) is 14.3. The normalized spacial score (nSPS) is 19.7. The summed E-state index contributed by atoms with van der Waals surface area (Å²) in [7, 11) is 0. The molecular weight excluding hydrogens is 254 g/mol. The minimum atomic E-state index is -0.940. The molecule has 1 aliphatic heterocycles. The van der Waals surface area contributed by atoms with Gasteiger partial charge in [0.25, 0.3) is 0 Å². The van der Waals surface area contributed by atoms with Gasteiger partial charge in [-0.1, -0.05) is 0 Å². The summed E-state index contributed by atoms with van der Waals surface area (Å²) in [6.45, 7) is 3.36. The third-order valence-corrected chi connectivity index (χ3v) is 2.70. The van der Waals surface area contributed by atoms with Gasteiger partial charge >= 0.3 is 12.0 Å². The first-order chi connectivity index (χ1) is 9.02. The first-order valence-electron chi connectivity index (χ1n) is 6.14. The van der Waals surface area contributed by atoms with Crippen molar-refractivity contribution >= 4 is 17.9 Å². The number of nitrogens with one attached hydrogen (secondary N) is 2. The van der Waals surface area contributed by atoms with Crippen LogP contribution in [0.1, 0.15) is 13.3 Å². The lowest BCUT2D eigenvalue weighted by Crippen LogP contribution is -2.52. The molecule has 0 spiro atoms. The van der Waals surface area contributed by atoms with E-state index in [0.717, 1.165) is 0 Å². The minimum absolute atomic E-state index is 0.0154. The van der Waals surface area contributed by atoms with Crippen LogP contribution in [-0.4, -0.2) is 66.8 Å². The summed E-state index contributed by atoms with van der Waals surface area (Å²) in [6, 6.07) is -0.887. The quantitative estimate of drug-likeness (QED) is 0.593. The zero-order valence-electron chi connectivity index (χ0n) is 10.8. The van der Waals surface area contributed by atoms with E-state index in [1.807, 2.05) is 0 Å². The number of hydrogen-bond donors (Lipinski definition) is 3. The molecule has 1 heterocycles. The Morgan fingerprint density at radius 3 is 2.79 bits per heavy atom. The number of carboxylic acids is 1. The highest BCUT2D eigenvalue weighted by atomic mass is 16.5. The van der Waals surface area contributed by atoms with Gasteiger partial charge in [0.2, 0.25) is 5.91 Å². The van der Waals surface area contributed by atoms with Gasteiger partial charge in [-0.3, -0.25) is 19.8 Å². The number of hydrogen-bond acceptors (Lipinski definition) is 5. The van der Waals surface area contributed by atoms with Crippen LogP contribution in [0.15, 0.2) is 0 Å². The summed E-state index contributed by atoms with van der Waals surface area (Å²) >= 11 is 0. The Morgan fingerprint density at radius 1 is 1.42 bits per heavy atom. The molecular formula is C11H19N3O5. The number of carbonyl (C=O) groups excluding carboxylic acids is 2. The van der Waals surface area contributed by atoms with Gasteiger partial charge in [-0.15, -0.1) is 0 Å². The molecule has 8 heteroatoms. The maximum absolute atomic E-state index is 11.6. The van der Waals surface area contributed by atoms with Gasteiger partial charge in [-0.2, -0.15) is 0 Å². The molecule has 1 fully saturated rings. The summed E-state index contributed by atoms with van der Waals surface area (Å²) in [5.41, 5.74) is 0. The number of aliphatic carboxylic acids is 1. The van der Waals surface area contributed by atoms with Crippen molar-refractivity contribution in [2.45, 2.75) is 19.4 Å². The Labute approximate surface area is 111 Å². The number of ether oxygens (including phenoxy) is 1. The number of carboxylic acid groups (broad SMARTS) is 1. The Morgan fingerprint density at radius 2 is 2.16 bits per heavy atom. The Balaban J connectivity index is 2.45. The molecule has 19 heavy (non-hydrogen) atoms. The molecule has 0 aromatic carbocycles. The van der Waals surface area contributed by atoms with Crippen molar-refractivity contribution in [2.24, 2.45) is 0 Å². The van der Waals surface area contributed by atoms with Crippen LogP contribution in [-0.2, 0) is 14.3 Å². The van der Waals surface area contributed by atoms with E-state index in [-0.39, 0.29) is 25.6 Å². The van der Waals surface area contributed by atoms with Gasteiger partial charge in [0.15, 0.2) is 0 Å². The SMILES string of the molecule is CCNC(=O)NC(=O)CN1CCOCC1CC(=O)O. The number of morpholine rings is 1. The zero-order valence-corrected chi connectivity index (χ0v) is 10.8. The van der Waals surface area contributed by atoms with Crippen molar-refractivity contribution in [3.05, 3.63) is 0 Å². The number of urea groups is 1. The first-order valence-corrected chi connectivity index (χ1v) is 6.14. The van der Waals surface area contributed by atoms with E-state index >= 15 is 0 Å². The van der Waals surface area contributed by atoms with Crippen LogP contribution in [0.5, 0.6) is 0 Å². The molecule has 3 N–H and O–H groups in total. The minimum Gasteiger partial charge on any atom is -0.481 e. The fraction of sp³-hybridized carbons (Fsp3) is 0.727. The standard InChI is InChI=1S/C11H19N3O5/c1-2-12-11(18)13-9(15)6-14-3-4-19-7-8(14)5-10(16)17/h8H,2-7H2,1H3,(H,16,17)(H2,12,13,15,18). The average molecular weight is 273 g/mol. The lowest BCUT2D eigenvalue weighted by Gasteiger charge is -2.33. The smallest absolute Gasteiger partial charge is 0.321 e. The fourth-order valence-corrected chi connectivity index (χ4v) is 1.84. The van der Waals surface area contributed by atoms with Crippen LogP contribution in [0.2, 0.25) is 0 Å². The van der Waals surface area contributed by atoms with E-state index in [9.17, 15) is 14.4 Å². The first kappa shape index (κ1) is 15.4. The summed E-state index contributed by atoms with van der Waals surface area (Å²) in [6.07, 6.45) is -0.0889. The van der Waals surface area contributed by atoms with E-state index in [4.69, 9.17) is 9.84 Å². The number of carbonyl (C=O) groups is 3. The summed E-state index contributed by atoms with van der Waals surface area (Å²) in [5.74, 6) is -1.40. The molecule has 108 valence electrons. The number of rotatable bonds is 5. The molecule has 1 saturated heterocycles. The van der Waals surface area contributed by atoms with Crippen LogP contribution < -0.4 is 10.6 Å². The number of amides is 3. The van der Waals surface area contributed by atoms with Gasteiger partial charge in [-0.05, 0) is 6.92 Å². The number of imide groups is 1. The molecule has 0 aromatic rings. The van der Waals surface area contributed by atoms with Gasteiger partial charge in [0.05, 0.1) is 26.2 Å². The number of nitrogens with zero attached hydrogens (tertiary/aromatic N) is 1. The molecule has 0 saturated carbocycles. The average Bonchev–Trinajstić information content (AvgIpc) is 2.31. The lowest BCUT2D eigenvalue weighted by atomic mass is 10.1. The fourth-order valence-electron chi connectivity index (χ4n) is 1.84. The Hall–Kier alpha value is -1.67. The topological polar surface area (TPSA) is 108 Å². The van der Waals surface area contributed by atoms with Crippen LogP contribution in [0.25, 0.3) is 0 Å². The van der Waals surface area contributed by atoms with Gasteiger partial charge < -0.3 is 15.2 Å². The molecule has 1 atom stereocenters. The third kappa shape index (κ3) is 5.66. The summed E-state index contributed by atoms with van der Waals surface area (Å²) in [5, 5.41) is 13.4. The highest BCUT2D eigenvalue weighted by molar-refractivity contribution is 5.95. The van der Waals surface area contributed by atoms with Crippen molar-refractivity contribution in [3.8, 4) is 0 Å². The van der Waals surface area contributed by atoms with Crippen LogP contribution in [0, 0.1) is 0 Å². The summed E-state index contributed by atoms with van der Waals surface area (Å²) in [4.78, 5) is 35.2. The second-order valence-corrected chi connectivity index (χ2v) is 4.20. The Kier molecular flexibility index (Phi) is 6.23. The Bertz CT molecular complexity index is 347. The lowest BCUT2D eigenvalue weighted by molar-refractivity contribution is -0.141. The van der Waals surface area contributed by atoms with E-state index in [1.165, 1.54) is 0 Å². The predicted octanol–water partition coefficient (Wildman–Crippen LogP) is -0.992. The third-order valence-electron chi connectivity index (χ3n) is 2.70. The largest absolute Gasteiger partial charge is 0.481 e. The monoisotopic (exact) mass is 273 g/mol. The van der Waals surface area contributed by atoms with E-state index in [0.29, 0.717) is 19.7 Å². The second kappa shape index (κ2) is 7.70. The molecule has 8 nitrogen and oxygen atoms in total. The molecule has 1 rings (SSSR count). The summed E-state index contributed by atoms with van der Waals surface area (Å²) < 4.78 is 5.20. The van der Waals surface area contributed by atoms with Crippen molar-refractivity contribution in [2.75, 3.05) is 32.8 Å². The van der Waals surface area contributed by atoms with Crippen LogP contribution in [0.3, 0.4) is 0 Å². The van der Waals surface area contributed by atoms with E-state index < -0.39 is 17.9 Å². The maximum Gasteiger partial charge on any atom is 0.321 e. The second-order valence-electron chi connectivity index (χ2n) is 4.20. The molecule has 1 aliphatic rings. The molecule has 3 amide bonds.